The van der Waals surface area contributed by atoms with Gasteiger partial charge in [-0.2, -0.15) is 10.1 Å². The maximum Gasteiger partial charge on any atom is 0.303 e. The first kappa shape index (κ1) is 21.1. The van der Waals surface area contributed by atoms with E-state index in [1.54, 1.807) is 6.07 Å². The van der Waals surface area contributed by atoms with Crippen LogP contribution in [-0.4, -0.2) is 49.9 Å². The van der Waals surface area contributed by atoms with Gasteiger partial charge in [0.15, 0.2) is 17.5 Å². The molecule has 2 unspecified atom stereocenters. The molecule has 4 fully saturated rings. The van der Waals surface area contributed by atoms with E-state index in [0.29, 0.717) is 29.5 Å². The molecular formula is C22H29FN6O3. The van der Waals surface area contributed by atoms with E-state index in [2.05, 4.69) is 25.5 Å². The highest BCUT2D eigenvalue weighted by atomic mass is 19.1. The SMILES string of the molecule is CC(=O)OCc1nc(N(C)C2C3CC4CC2CC(O)(C4)C3)nc(Nc2cc(C)[nH]n2)c1F. The molecule has 0 radical (unpaired) electrons. The second-order valence-corrected chi connectivity index (χ2v) is 9.77. The van der Waals surface area contributed by atoms with E-state index in [9.17, 15) is 9.90 Å². The Hall–Kier alpha value is -2.75. The van der Waals surface area contributed by atoms with E-state index in [1.165, 1.54) is 6.92 Å². The first-order valence-corrected chi connectivity index (χ1v) is 11.1. The van der Waals surface area contributed by atoms with Gasteiger partial charge in [0.2, 0.25) is 5.95 Å². The molecule has 2 atom stereocenters. The Morgan fingerprint density at radius 3 is 2.66 bits per heavy atom. The fourth-order valence-corrected chi connectivity index (χ4v) is 6.31. The van der Waals surface area contributed by atoms with E-state index in [0.717, 1.165) is 37.8 Å². The van der Waals surface area contributed by atoms with Crippen molar-refractivity contribution in [2.24, 2.45) is 17.8 Å². The van der Waals surface area contributed by atoms with Crippen LogP contribution in [0.4, 0.5) is 22.0 Å². The van der Waals surface area contributed by atoms with Crippen LogP contribution in [0, 0.1) is 30.5 Å². The first-order valence-electron chi connectivity index (χ1n) is 11.1. The summed E-state index contributed by atoms with van der Waals surface area (Å²) in [7, 11) is 1.93. The highest BCUT2D eigenvalue weighted by Crippen LogP contribution is 2.57. The van der Waals surface area contributed by atoms with Crippen molar-refractivity contribution in [1.82, 2.24) is 20.2 Å². The fraction of sp³-hybridized carbons (Fsp3) is 0.636. The average Bonchev–Trinajstić information content (AvgIpc) is 3.11. The van der Waals surface area contributed by atoms with E-state index in [1.807, 2.05) is 18.9 Å². The van der Waals surface area contributed by atoms with E-state index in [-0.39, 0.29) is 24.2 Å². The quantitative estimate of drug-likeness (QED) is 0.583. The number of carbonyl (C=O) groups is 1. The van der Waals surface area contributed by atoms with Crippen LogP contribution in [0.5, 0.6) is 0 Å². The standard InChI is InChI=1S/C22H29FN6O3/c1-11-4-17(28-27-11)25-20-18(23)16(10-32-12(2)30)24-21(26-20)29(3)19-14-5-13-6-15(19)9-22(31,7-13)8-14/h4,13-15,19,31H,5-10H2,1-3H3,(H2,24,25,26,27,28). The minimum absolute atomic E-state index is 0.00857. The number of ether oxygens (including phenoxy) is 1. The Morgan fingerprint density at radius 2 is 2.06 bits per heavy atom. The van der Waals surface area contributed by atoms with Crippen LogP contribution in [-0.2, 0) is 16.1 Å². The highest BCUT2D eigenvalue weighted by molar-refractivity contribution is 5.66. The summed E-state index contributed by atoms with van der Waals surface area (Å²) in [5.74, 6) is 0.887. The molecule has 3 N–H and O–H groups in total. The summed E-state index contributed by atoms with van der Waals surface area (Å²) >= 11 is 0. The normalized spacial score (nSPS) is 30.4. The molecule has 4 bridgehead atoms. The van der Waals surface area contributed by atoms with Gasteiger partial charge in [-0.15, -0.1) is 0 Å². The first-order chi connectivity index (χ1) is 15.2. The van der Waals surface area contributed by atoms with Crippen LogP contribution in [0.1, 0.15) is 50.4 Å². The van der Waals surface area contributed by atoms with E-state index in [4.69, 9.17) is 4.74 Å². The fourth-order valence-electron chi connectivity index (χ4n) is 6.31. The summed E-state index contributed by atoms with van der Waals surface area (Å²) < 4.78 is 20.2. The number of esters is 1. The Labute approximate surface area is 185 Å². The zero-order valence-corrected chi connectivity index (χ0v) is 18.6. The number of nitrogens with zero attached hydrogens (tertiary/aromatic N) is 4. The zero-order chi connectivity index (χ0) is 22.6. The molecule has 4 saturated carbocycles. The highest BCUT2D eigenvalue weighted by Gasteiger charge is 2.56. The molecule has 32 heavy (non-hydrogen) atoms. The minimum Gasteiger partial charge on any atom is -0.459 e. The molecule has 4 aliphatic carbocycles. The third-order valence-electron chi connectivity index (χ3n) is 7.23. The predicted octanol–water partition coefficient (Wildman–Crippen LogP) is 2.83. The van der Waals surface area contributed by atoms with E-state index < -0.39 is 17.4 Å². The lowest BCUT2D eigenvalue weighted by molar-refractivity contribution is -0.142. The zero-order valence-electron chi connectivity index (χ0n) is 18.6. The van der Waals surface area contributed by atoms with Crippen molar-refractivity contribution in [3.63, 3.8) is 0 Å². The molecule has 2 aromatic rings. The lowest BCUT2D eigenvalue weighted by Gasteiger charge is -2.59. The van der Waals surface area contributed by atoms with Gasteiger partial charge in [0.05, 0.1) is 5.60 Å². The number of rotatable bonds is 6. The van der Waals surface area contributed by atoms with Crippen molar-refractivity contribution < 1.29 is 19.0 Å². The largest absolute Gasteiger partial charge is 0.459 e. The number of carbonyl (C=O) groups excluding carboxylic acids is 1. The summed E-state index contributed by atoms with van der Waals surface area (Å²) in [5, 5.41) is 20.7. The summed E-state index contributed by atoms with van der Waals surface area (Å²) in [6.07, 6.45) is 4.66. The number of nitrogens with one attached hydrogen (secondary N) is 2. The van der Waals surface area contributed by atoms with Crippen molar-refractivity contribution in [2.45, 2.75) is 64.2 Å². The molecule has 0 spiro atoms. The molecule has 2 aromatic heterocycles. The maximum atomic E-state index is 15.2. The van der Waals surface area contributed by atoms with Gasteiger partial charge in [-0.1, -0.05) is 0 Å². The van der Waals surface area contributed by atoms with Crippen molar-refractivity contribution in [3.8, 4) is 0 Å². The van der Waals surface area contributed by atoms with Crippen LogP contribution in [0.25, 0.3) is 0 Å². The Balaban J connectivity index is 1.47. The predicted molar refractivity (Wildman–Crippen MR) is 115 cm³/mol. The molecule has 0 saturated heterocycles. The summed E-state index contributed by atoms with van der Waals surface area (Å²) in [6.45, 7) is 2.84. The summed E-state index contributed by atoms with van der Waals surface area (Å²) in [5.41, 5.74) is 0.294. The number of hydrogen-bond acceptors (Lipinski definition) is 8. The number of aryl methyl sites for hydroxylation is 1. The van der Waals surface area contributed by atoms with Gasteiger partial charge >= 0.3 is 5.97 Å². The number of hydrogen-bond donors (Lipinski definition) is 3. The molecule has 0 aromatic carbocycles. The lowest BCUT2D eigenvalue weighted by atomic mass is 9.52. The molecule has 4 aliphatic rings. The third kappa shape index (κ3) is 3.80. The summed E-state index contributed by atoms with van der Waals surface area (Å²) in [6, 6.07) is 1.93. The summed E-state index contributed by atoms with van der Waals surface area (Å²) in [4.78, 5) is 22.3. The monoisotopic (exact) mass is 444 g/mol. The Bertz CT molecular complexity index is 1030. The number of halogens is 1. The van der Waals surface area contributed by atoms with Crippen molar-refractivity contribution in [2.75, 3.05) is 17.3 Å². The minimum atomic E-state index is -0.677. The maximum absolute atomic E-state index is 15.2. The number of aliphatic hydroxyl groups is 1. The smallest absolute Gasteiger partial charge is 0.303 e. The van der Waals surface area contributed by atoms with Crippen molar-refractivity contribution in [1.29, 1.82) is 0 Å². The van der Waals surface area contributed by atoms with Crippen molar-refractivity contribution >= 4 is 23.6 Å². The number of aromatic nitrogens is 4. The second-order valence-electron chi connectivity index (χ2n) is 9.77. The topological polar surface area (TPSA) is 116 Å². The van der Waals surface area contributed by atoms with Crippen LogP contribution in [0.3, 0.4) is 0 Å². The molecule has 0 amide bonds. The molecule has 6 rings (SSSR count). The van der Waals surface area contributed by atoms with Gasteiger partial charge in [0, 0.05) is 31.8 Å². The molecular weight excluding hydrogens is 415 g/mol. The van der Waals surface area contributed by atoms with Gasteiger partial charge in [-0.3, -0.25) is 9.89 Å². The molecule has 9 nitrogen and oxygen atoms in total. The number of anilines is 3. The number of H-pyrrole nitrogens is 1. The van der Waals surface area contributed by atoms with Crippen molar-refractivity contribution in [3.05, 3.63) is 23.3 Å². The van der Waals surface area contributed by atoms with Gasteiger partial charge in [0.1, 0.15) is 12.3 Å². The van der Waals surface area contributed by atoms with Gasteiger partial charge in [0.25, 0.3) is 0 Å². The Kier molecular flexibility index (Phi) is 5.07. The molecule has 10 heteroatoms. The van der Waals surface area contributed by atoms with E-state index >= 15 is 4.39 Å². The van der Waals surface area contributed by atoms with Gasteiger partial charge in [-0.25, -0.2) is 9.37 Å². The van der Waals surface area contributed by atoms with Crippen LogP contribution < -0.4 is 10.2 Å². The van der Waals surface area contributed by atoms with Gasteiger partial charge < -0.3 is 20.1 Å². The lowest BCUT2D eigenvalue weighted by Crippen LogP contribution is -2.61. The van der Waals surface area contributed by atoms with Gasteiger partial charge in [-0.05, 0) is 56.8 Å². The van der Waals surface area contributed by atoms with Crippen LogP contribution in [0.2, 0.25) is 0 Å². The van der Waals surface area contributed by atoms with Crippen LogP contribution >= 0.6 is 0 Å². The van der Waals surface area contributed by atoms with Crippen LogP contribution in [0.15, 0.2) is 6.07 Å². The number of aromatic amines is 1. The molecule has 2 heterocycles. The molecule has 172 valence electrons. The third-order valence-corrected chi connectivity index (χ3v) is 7.23. The Morgan fingerprint density at radius 1 is 1.34 bits per heavy atom. The average molecular weight is 445 g/mol. The molecule has 0 aliphatic heterocycles. The second kappa shape index (κ2) is 7.68.